The maximum absolute atomic E-state index is 12.1. The molecule has 1 atom stereocenters. The molecule has 0 aliphatic carbocycles. The highest BCUT2D eigenvalue weighted by atomic mass is 35.5. The van der Waals surface area contributed by atoms with Crippen LogP contribution in [0.5, 0.6) is 5.75 Å². The molecule has 3 aromatic rings. The summed E-state index contributed by atoms with van der Waals surface area (Å²) in [7, 11) is 0. The second-order valence-corrected chi connectivity index (χ2v) is 10.0. The normalized spacial score (nSPS) is 20.2. The second-order valence-electron chi connectivity index (χ2n) is 9.59. The first kappa shape index (κ1) is 23.0. The van der Waals surface area contributed by atoms with Crippen LogP contribution in [0, 0.1) is 5.92 Å². The maximum atomic E-state index is 12.1. The topological polar surface area (TPSA) is 92.7 Å². The number of ether oxygens (including phenoxy) is 2. The summed E-state index contributed by atoms with van der Waals surface area (Å²) in [5.41, 5.74) is 2.09. The van der Waals surface area contributed by atoms with Crippen LogP contribution >= 0.6 is 11.6 Å². The van der Waals surface area contributed by atoms with Gasteiger partial charge >= 0.3 is 0 Å². The third-order valence-corrected chi connectivity index (χ3v) is 7.56. The number of carbonyl (C=O) groups is 1. The lowest BCUT2D eigenvalue weighted by Crippen LogP contribution is -2.78. The number of rotatable bonds is 7. The van der Waals surface area contributed by atoms with E-state index in [4.69, 9.17) is 26.1 Å². The summed E-state index contributed by atoms with van der Waals surface area (Å²) in [6.07, 6.45) is 4.92. The van der Waals surface area contributed by atoms with Gasteiger partial charge in [-0.05, 0) is 49.2 Å². The number of hydrogen-bond acceptors (Lipinski definition) is 8. The Morgan fingerprint density at radius 1 is 1.31 bits per heavy atom. The molecule has 36 heavy (non-hydrogen) atoms. The summed E-state index contributed by atoms with van der Waals surface area (Å²) < 4.78 is 11.3. The Morgan fingerprint density at radius 2 is 2.19 bits per heavy atom. The number of hydrogen-bond donors (Lipinski definition) is 1. The Hall–Kier alpha value is -3.43. The molecule has 3 saturated heterocycles. The highest BCUT2D eigenvalue weighted by Gasteiger charge is 2.55. The molecule has 9 nitrogen and oxygen atoms in total. The van der Waals surface area contributed by atoms with Crippen LogP contribution in [0.3, 0.4) is 0 Å². The van der Waals surface area contributed by atoms with Gasteiger partial charge in [-0.2, -0.15) is 0 Å². The Morgan fingerprint density at radius 3 is 2.92 bits per heavy atom. The molecule has 3 aliphatic rings. The van der Waals surface area contributed by atoms with Gasteiger partial charge in [-0.1, -0.05) is 18.2 Å². The fourth-order valence-electron chi connectivity index (χ4n) is 5.10. The number of fused-ring (bicyclic) bond motifs is 1. The van der Waals surface area contributed by atoms with Crippen molar-refractivity contribution in [1.82, 2.24) is 19.9 Å². The molecule has 10 heteroatoms. The molecule has 0 saturated carbocycles. The van der Waals surface area contributed by atoms with Crippen LogP contribution in [0.4, 0.5) is 17.3 Å². The van der Waals surface area contributed by atoms with Crippen LogP contribution in [0.15, 0.2) is 49.3 Å². The molecule has 1 unspecified atom stereocenters. The fourth-order valence-corrected chi connectivity index (χ4v) is 5.34. The maximum Gasteiger partial charge on any atom is 0.246 e. The van der Waals surface area contributed by atoms with E-state index < -0.39 is 0 Å². The summed E-state index contributed by atoms with van der Waals surface area (Å²) in [5.74, 6) is 2.48. The molecule has 1 N–H and O–H groups in total. The van der Waals surface area contributed by atoms with E-state index in [0.717, 1.165) is 62.7 Å². The van der Waals surface area contributed by atoms with E-state index in [-0.39, 0.29) is 11.4 Å². The average Bonchev–Trinajstić information content (AvgIpc) is 3.36. The Balaban J connectivity index is 1.17. The minimum atomic E-state index is -0.0957. The molecule has 0 bridgehead atoms. The third-order valence-electron chi connectivity index (χ3n) is 7.27. The monoisotopic (exact) mass is 506 g/mol. The summed E-state index contributed by atoms with van der Waals surface area (Å²) in [6, 6.07) is 9.49. The summed E-state index contributed by atoms with van der Waals surface area (Å²) in [6.45, 7) is 8.03. The number of anilines is 3. The Bertz CT molecular complexity index is 1320. The van der Waals surface area contributed by atoms with Crippen molar-refractivity contribution in [2.45, 2.75) is 18.4 Å². The van der Waals surface area contributed by atoms with Crippen molar-refractivity contribution >= 4 is 45.9 Å². The van der Waals surface area contributed by atoms with Gasteiger partial charge in [0.2, 0.25) is 5.91 Å². The lowest BCUT2D eigenvalue weighted by atomic mass is 9.77. The molecule has 6 rings (SSSR count). The molecule has 1 aromatic carbocycles. The van der Waals surface area contributed by atoms with Gasteiger partial charge in [0.05, 0.1) is 29.3 Å². The van der Waals surface area contributed by atoms with Crippen LogP contribution in [0.25, 0.3) is 11.0 Å². The zero-order chi connectivity index (χ0) is 24.7. The molecule has 0 radical (unpaired) electrons. The molecular formula is C26H27ClN6O3. The largest absolute Gasteiger partial charge is 0.492 e. The van der Waals surface area contributed by atoms with Crippen molar-refractivity contribution in [3.8, 4) is 5.75 Å². The predicted molar refractivity (Wildman–Crippen MR) is 138 cm³/mol. The number of benzene rings is 1. The molecule has 5 heterocycles. The number of carbonyl (C=O) groups excluding carboxylic acids is 1. The molecule has 1 spiro atoms. The quantitative estimate of drug-likeness (QED) is 0.483. The van der Waals surface area contributed by atoms with Crippen molar-refractivity contribution < 1.29 is 14.3 Å². The third kappa shape index (κ3) is 4.12. The summed E-state index contributed by atoms with van der Waals surface area (Å²) >= 11 is 6.50. The second kappa shape index (κ2) is 9.22. The van der Waals surface area contributed by atoms with E-state index in [0.29, 0.717) is 34.6 Å². The van der Waals surface area contributed by atoms with Crippen LogP contribution in [-0.4, -0.2) is 70.8 Å². The van der Waals surface area contributed by atoms with E-state index in [1.54, 1.807) is 0 Å². The lowest BCUT2D eigenvalue weighted by molar-refractivity contribution is -0.144. The molecule has 2 aromatic heterocycles. The number of likely N-dealkylation sites (tertiary alicyclic amines) is 1. The van der Waals surface area contributed by atoms with E-state index in [9.17, 15) is 4.79 Å². The smallest absolute Gasteiger partial charge is 0.246 e. The average molecular weight is 507 g/mol. The van der Waals surface area contributed by atoms with E-state index >= 15 is 0 Å². The van der Waals surface area contributed by atoms with Crippen LogP contribution in [-0.2, 0) is 9.53 Å². The van der Waals surface area contributed by atoms with Gasteiger partial charge in [0.25, 0.3) is 0 Å². The zero-order valence-corrected chi connectivity index (χ0v) is 20.6. The highest BCUT2D eigenvalue weighted by molar-refractivity contribution is 6.32. The van der Waals surface area contributed by atoms with Gasteiger partial charge in [0, 0.05) is 37.8 Å². The SMILES string of the molecule is C=CC(=O)N1CCC12CN(c1ccc3ncnc(Nc4ccc(OCC5CCOC5)c(Cl)c4)c3n1)C2. The summed E-state index contributed by atoms with van der Waals surface area (Å²) in [4.78, 5) is 29.9. The molecule has 1 amide bonds. The van der Waals surface area contributed by atoms with Crippen molar-refractivity contribution in [1.29, 1.82) is 0 Å². The zero-order valence-electron chi connectivity index (χ0n) is 19.8. The Kier molecular flexibility index (Phi) is 5.89. The van der Waals surface area contributed by atoms with Crippen LogP contribution in [0.2, 0.25) is 5.02 Å². The first-order chi connectivity index (χ1) is 17.5. The molecule has 3 aliphatic heterocycles. The number of pyridine rings is 1. The highest BCUT2D eigenvalue weighted by Crippen LogP contribution is 2.41. The first-order valence-corrected chi connectivity index (χ1v) is 12.5. The minimum absolute atomic E-state index is 0.00473. The van der Waals surface area contributed by atoms with E-state index in [1.807, 2.05) is 35.2 Å². The fraction of sp³-hybridized carbons (Fsp3) is 0.385. The number of aromatic nitrogens is 3. The van der Waals surface area contributed by atoms with Gasteiger partial charge in [-0.15, -0.1) is 0 Å². The molecular weight excluding hydrogens is 480 g/mol. The van der Waals surface area contributed by atoms with Gasteiger partial charge in [0.15, 0.2) is 5.82 Å². The van der Waals surface area contributed by atoms with Gasteiger partial charge in [0.1, 0.15) is 23.4 Å². The standard InChI is InChI=1S/C26H27ClN6O3/c1-2-23(34)33-9-8-26(33)14-32(15-26)22-6-4-20-24(31-22)25(29-16-28-20)30-18-3-5-21(19(27)11-18)36-13-17-7-10-35-12-17/h2-6,11,16-17H,1,7-10,12-15H2,(H,28,29,30). The van der Waals surface area contributed by atoms with Gasteiger partial charge in [-0.25, -0.2) is 15.0 Å². The molecule has 186 valence electrons. The number of halogens is 1. The number of amides is 1. The number of nitrogens with one attached hydrogen (secondary N) is 1. The lowest BCUT2D eigenvalue weighted by Gasteiger charge is -2.62. The van der Waals surface area contributed by atoms with Crippen molar-refractivity contribution in [2.24, 2.45) is 5.92 Å². The first-order valence-electron chi connectivity index (χ1n) is 12.1. The molecule has 3 fully saturated rings. The van der Waals surface area contributed by atoms with Crippen molar-refractivity contribution in [3.63, 3.8) is 0 Å². The van der Waals surface area contributed by atoms with Crippen LogP contribution in [0.1, 0.15) is 12.8 Å². The Labute approximate surface area is 214 Å². The van der Waals surface area contributed by atoms with Gasteiger partial charge in [-0.3, -0.25) is 4.79 Å². The van der Waals surface area contributed by atoms with Crippen LogP contribution < -0.4 is 15.0 Å². The van der Waals surface area contributed by atoms with Crippen molar-refractivity contribution in [2.75, 3.05) is 49.7 Å². The van der Waals surface area contributed by atoms with E-state index in [2.05, 4.69) is 26.8 Å². The minimum Gasteiger partial charge on any atom is -0.492 e. The van der Waals surface area contributed by atoms with Gasteiger partial charge < -0.3 is 24.6 Å². The van der Waals surface area contributed by atoms with E-state index in [1.165, 1.54) is 12.4 Å². The number of nitrogens with zero attached hydrogens (tertiary/aromatic N) is 5. The summed E-state index contributed by atoms with van der Waals surface area (Å²) in [5, 5.41) is 3.85. The predicted octanol–water partition coefficient (Wildman–Crippen LogP) is 3.81. The van der Waals surface area contributed by atoms with Crippen molar-refractivity contribution in [3.05, 3.63) is 54.3 Å².